The van der Waals surface area contributed by atoms with Gasteiger partial charge in [-0.3, -0.25) is 14.4 Å². The largest absolute Gasteiger partial charge is 0.483 e. The summed E-state index contributed by atoms with van der Waals surface area (Å²) in [5.74, 6) is 0.123. The maximum Gasteiger partial charge on any atom is 0.290 e. The summed E-state index contributed by atoms with van der Waals surface area (Å²) in [6, 6.07) is 11.0. The molecule has 2 aliphatic rings. The van der Waals surface area contributed by atoms with Crippen LogP contribution in [0.25, 0.3) is 0 Å². The van der Waals surface area contributed by atoms with E-state index in [2.05, 4.69) is 30.3 Å². The van der Waals surface area contributed by atoms with Gasteiger partial charge in [0.05, 0.1) is 12.0 Å². The number of aliphatic hydroxyl groups is 1. The van der Waals surface area contributed by atoms with Crippen LogP contribution in [0.5, 0.6) is 0 Å². The monoisotopic (exact) mass is 475 g/mol. The van der Waals surface area contributed by atoms with E-state index in [0.29, 0.717) is 6.54 Å². The lowest BCUT2D eigenvalue weighted by Gasteiger charge is -2.34. The van der Waals surface area contributed by atoms with E-state index in [4.69, 9.17) is 15.0 Å². The van der Waals surface area contributed by atoms with Crippen molar-refractivity contribution in [3.63, 3.8) is 0 Å². The quantitative estimate of drug-likeness (QED) is 0.414. The summed E-state index contributed by atoms with van der Waals surface area (Å²) < 4.78 is 0. The molecule has 1 unspecified atom stereocenters. The lowest BCUT2D eigenvalue weighted by Crippen LogP contribution is -2.49. The van der Waals surface area contributed by atoms with Gasteiger partial charge in [0.2, 0.25) is 5.78 Å². The third-order valence-electron chi connectivity index (χ3n) is 6.91. The maximum atomic E-state index is 12.0. The Hall–Kier alpha value is -2.21. The van der Waals surface area contributed by atoms with Crippen molar-refractivity contribution in [2.24, 2.45) is 11.3 Å². The highest BCUT2D eigenvalue weighted by molar-refractivity contribution is 6.38. The number of hydrogen-bond acceptors (Lipinski definition) is 4. The van der Waals surface area contributed by atoms with Gasteiger partial charge in [0.25, 0.3) is 12.4 Å². The Labute approximate surface area is 205 Å². The number of aryl methyl sites for hydroxylation is 1. The van der Waals surface area contributed by atoms with E-state index in [1.165, 1.54) is 56.9 Å². The Kier molecular flexibility index (Phi) is 14.4. The fraction of sp³-hybridized carbons (Fsp3) is 0.679. The number of amides is 1. The topological polar surface area (TPSA) is 94.9 Å². The van der Waals surface area contributed by atoms with Gasteiger partial charge in [-0.05, 0) is 50.5 Å². The Morgan fingerprint density at radius 2 is 1.62 bits per heavy atom. The van der Waals surface area contributed by atoms with Crippen LogP contribution in [0, 0.1) is 11.3 Å². The third kappa shape index (κ3) is 10.8. The lowest BCUT2D eigenvalue weighted by molar-refractivity contribution is -0.152. The summed E-state index contributed by atoms with van der Waals surface area (Å²) in [5.41, 5.74) is 0.544. The molecule has 0 spiro atoms. The molecule has 1 saturated heterocycles. The zero-order valence-electron chi connectivity index (χ0n) is 21.4. The number of carbonyl (C=O) groups excluding carboxylic acids is 2. The Morgan fingerprint density at radius 3 is 2.18 bits per heavy atom. The predicted molar refractivity (Wildman–Crippen MR) is 136 cm³/mol. The summed E-state index contributed by atoms with van der Waals surface area (Å²) in [6.07, 6.45) is 14.6. The number of hydrogen-bond donors (Lipinski definition) is 2. The first-order valence-electron chi connectivity index (χ1n) is 12.8. The molecule has 2 N–H and O–H groups in total. The fourth-order valence-electron chi connectivity index (χ4n) is 4.61. The molecule has 1 aliphatic carbocycles. The number of carbonyl (C=O) groups is 3. The molecule has 1 amide bonds. The van der Waals surface area contributed by atoms with Crippen molar-refractivity contribution >= 4 is 18.2 Å². The smallest absolute Gasteiger partial charge is 0.290 e. The number of rotatable bonds is 7. The van der Waals surface area contributed by atoms with Crippen LogP contribution >= 0.6 is 0 Å². The molecular weight excluding hydrogens is 430 g/mol. The minimum atomic E-state index is -0.964. The molecule has 1 aromatic carbocycles. The van der Waals surface area contributed by atoms with E-state index < -0.39 is 17.1 Å². The molecule has 6 nitrogen and oxygen atoms in total. The van der Waals surface area contributed by atoms with Gasteiger partial charge in [0.1, 0.15) is 0 Å². The van der Waals surface area contributed by atoms with E-state index in [0.717, 1.165) is 25.2 Å². The number of benzene rings is 1. The molecule has 1 atom stereocenters. The zero-order chi connectivity index (χ0) is 25.4. The van der Waals surface area contributed by atoms with Crippen LogP contribution in [-0.2, 0) is 20.8 Å². The van der Waals surface area contributed by atoms with Gasteiger partial charge in [-0.15, -0.1) is 0 Å². The molecule has 1 saturated carbocycles. The zero-order valence-corrected chi connectivity index (χ0v) is 21.4. The van der Waals surface area contributed by atoms with Gasteiger partial charge in [0, 0.05) is 12.6 Å². The summed E-state index contributed by atoms with van der Waals surface area (Å²) in [7, 11) is 0. The molecule has 0 radical (unpaired) electrons. The summed E-state index contributed by atoms with van der Waals surface area (Å²) in [5, 5.41) is 16.0. The van der Waals surface area contributed by atoms with Crippen molar-refractivity contribution in [1.29, 1.82) is 0 Å². The van der Waals surface area contributed by atoms with E-state index >= 15 is 0 Å². The van der Waals surface area contributed by atoms with Gasteiger partial charge >= 0.3 is 0 Å². The lowest BCUT2D eigenvalue weighted by atomic mass is 9.85. The Bertz CT molecular complexity index is 713. The highest BCUT2D eigenvalue weighted by Crippen LogP contribution is 2.27. The van der Waals surface area contributed by atoms with Crippen molar-refractivity contribution in [2.75, 3.05) is 13.2 Å². The molecule has 2 fully saturated rings. The third-order valence-corrected chi connectivity index (χ3v) is 6.91. The van der Waals surface area contributed by atoms with Crippen LogP contribution in [0.2, 0.25) is 0 Å². The Balaban J connectivity index is 0.000000305. The van der Waals surface area contributed by atoms with Gasteiger partial charge in [-0.25, -0.2) is 0 Å². The molecule has 1 aliphatic heterocycles. The molecule has 1 heterocycles. The first-order chi connectivity index (χ1) is 16.3. The number of carboxylic acid groups (broad SMARTS) is 1. The van der Waals surface area contributed by atoms with Gasteiger partial charge in [0.15, 0.2) is 0 Å². The van der Waals surface area contributed by atoms with Crippen molar-refractivity contribution in [3.8, 4) is 0 Å². The average molecular weight is 476 g/mol. The van der Waals surface area contributed by atoms with Gasteiger partial charge in [-0.2, -0.15) is 0 Å². The molecule has 0 aromatic heterocycles. The number of nitrogens with zero attached hydrogens (tertiary/aromatic N) is 1. The molecule has 6 heteroatoms. The van der Waals surface area contributed by atoms with Crippen molar-refractivity contribution in [2.45, 2.75) is 97.4 Å². The second-order valence-corrected chi connectivity index (χ2v) is 10.2. The van der Waals surface area contributed by atoms with E-state index in [1.54, 1.807) is 18.7 Å². The van der Waals surface area contributed by atoms with Crippen molar-refractivity contribution in [1.82, 2.24) is 4.90 Å². The molecule has 34 heavy (non-hydrogen) atoms. The number of aliphatic hydroxyl groups excluding tert-OH is 1. The number of piperidine rings is 1. The number of likely N-dealkylation sites (tertiary alicyclic amines) is 1. The van der Waals surface area contributed by atoms with E-state index in [9.17, 15) is 9.59 Å². The number of ketones is 1. The highest BCUT2D eigenvalue weighted by atomic mass is 16.3. The normalized spacial score (nSPS) is 18.6. The van der Waals surface area contributed by atoms with Gasteiger partial charge < -0.3 is 15.1 Å². The van der Waals surface area contributed by atoms with Crippen LogP contribution in [0.1, 0.15) is 90.5 Å². The molecule has 1 aromatic rings. The van der Waals surface area contributed by atoms with Crippen molar-refractivity contribution in [3.05, 3.63) is 35.9 Å². The molecule has 192 valence electrons. The second-order valence-electron chi connectivity index (χ2n) is 10.2. The Morgan fingerprint density at radius 1 is 1.03 bits per heavy atom. The van der Waals surface area contributed by atoms with Crippen LogP contribution in [0.4, 0.5) is 0 Å². The minimum absolute atomic E-state index is 0.139. The highest BCUT2D eigenvalue weighted by Gasteiger charge is 2.37. The minimum Gasteiger partial charge on any atom is -0.483 e. The molecular formula is C28H45NO5. The van der Waals surface area contributed by atoms with E-state index in [-0.39, 0.29) is 19.1 Å². The standard InChI is InChI=1S/C15H22.C12H21NO3.CH2O2/c1-3-8-14(9-4-1)12-7-13-15-10-5-2-6-11-15;1-9-6-4-5-7-13(9)11(16)10(15)12(2,3)8-14;2-1-3/h1,3-4,8-9,15H,2,5-7,10-13H2;9,14H,4-8H2,1-3H3;1H,(H,2,3). The predicted octanol–water partition coefficient (Wildman–Crippen LogP) is 5.27. The molecule has 0 bridgehead atoms. The number of Topliss-reactive ketones (excluding diaryl/α,β-unsaturated/α-hetero) is 1. The maximum absolute atomic E-state index is 12.0. The SMILES string of the molecule is CC1CCCCN1C(=O)C(=O)C(C)(C)CO.O=CO.c1ccc(CCCC2CCCCC2)cc1. The van der Waals surface area contributed by atoms with Crippen molar-refractivity contribution < 1.29 is 24.6 Å². The summed E-state index contributed by atoms with van der Waals surface area (Å²) in [4.78, 5) is 33.9. The second kappa shape index (κ2) is 16.4. The van der Waals surface area contributed by atoms with Crippen LogP contribution in [-0.4, -0.2) is 52.5 Å². The van der Waals surface area contributed by atoms with Crippen LogP contribution in [0.3, 0.4) is 0 Å². The first kappa shape index (κ1) is 29.8. The van der Waals surface area contributed by atoms with Crippen LogP contribution < -0.4 is 0 Å². The first-order valence-corrected chi connectivity index (χ1v) is 12.8. The fourth-order valence-corrected chi connectivity index (χ4v) is 4.61. The van der Waals surface area contributed by atoms with E-state index in [1.807, 2.05) is 6.92 Å². The molecule has 3 rings (SSSR count). The van der Waals surface area contributed by atoms with Gasteiger partial charge in [-0.1, -0.05) is 82.7 Å². The summed E-state index contributed by atoms with van der Waals surface area (Å²) in [6.45, 7) is 5.28. The summed E-state index contributed by atoms with van der Waals surface area (Å²) >= 11 is 0. The van der Waals surface area contributed by atoms with Crippen LogP contribution in [0.15, 0.2) is 30.3 Å². The average Bonchev–Trinajstić information content (AvgIpc) is 2.86.